The largest absolute Gasteiger partial charge is 0.497 e. The third-order valence-corrected chi connectivity index (χ3v) is 5.44. The van der Waals surface area contributed by atoms with Crippen LogP contribution in [0.15, 0.2) is 108 Å². The Hall–Kier alpha value is -4.64. The molecule has 0 fully saturated rings. The fraction of sp³-hybridized carbons (Fsp3) is 0.0345. The number of benzene rings is 4. The van der Waals surface area contributed by atoms with Crippen molar-refractivity contribution in [2.24, 2.45) is 0 Å². The molecule has 0 saturated heterocycles. The Morgan fingerprint density at radius 3 is 2.29 bits per heavy atom. The summed E-state index contributed by atoms with van der Waals surface area (Å²) in [6.45, 7) is 0. The van der Waals surface area contributed by atoms with E-state index >= 15 is 0 Å². The number of rotatable bonds is 6. The van der Waals surface area contributed by atoms with E-state index in [1.165, 1.54) is 6.08 Å². The summed E-state index contributed by atoms with van der Waals surface area (Å²) in [7, 11) is 1.62. The maximum absolute atomic E-state index is 12.4. The Kier molecular flexibility index (Phi) is 5.91. The van der Waals surface area contributed by atoms with E-state index in [1.54, 1.807) is 25.3 Å². The molecule has 0 saturated carbocycles. The number of ether oxygens (including phenoxy) is 1. The van der Waals surface area contributed by atoms with Crippen molar-refractivity contribution in [3.05, 3.63) is 109 Å². The van der Waals surface area contributed by atoms with Crippen molar-refractivity contribution in [3.8, 4) is 28.3 Å². The highest BCUT2D eigenvalue weighted by Gasteiger charge is 2.10. The summed E-state index contributed by atoms with van der Waals surface area (Å²) in [6.07, 6.45) is 3.25. The van der Waals surface area contributed by atoms with Crippen LogP contribution in [0.3, 0.4) is 0 Å². The van der Waals surface area contributed by atoms with E-state index in [0.29, 0.717) is 22.7 Å². The monoisotopic (exact) mass is 446 g/mol. The molecule has 5 heteroatoms. The zero-order valence-corrected chi connectivity index (χ0v) is 18.6. The number of hydrogen-bond donors (Lipinski definition) is 1. The first-order chi connectivity index (χ1) is 16.7. The van der Waals surface area contributed by atoms with Crippen LogP contribution < -0.4 is 10.1 Å². The zero-order valence-electron chi connectivity index (χ0n) is 18.6. The van der Waals surface area contributed by atoms with E-state index in [0.717, 1.165) is 28.0 Å². The van der Waals surface area contributed by atoms with E-state index in [9.17, 15) is 4.79 Å². The van der Waals surface area contributed by atoms with E-state index < -0.39 is 0 Å². The number of hydrogen-bond acceptors (Lipinski definition) is 4. The van der Waals surface area contributed by atoms with Gasteiger partial charge in [-0.2, -0.15) is 0 Å². The molecule has 4 aromatic carbocycles. The molecule has 1 aromatic heterocycles. The van der Waals surface area contributed by atoms with Crippen molar-refractivity contribution in [2.75, 3.05) is 12.4 Å². The van der Waals surface area contributed by atoms with Gasteiger partial charge in [-0.15, -0.1) is 0 Å². The van der Waals surface area contributed by atoms with Crippen LogP contribution in [0.4, 0.5) is 5.69 Å². The lowest BCUT2D eigenvalue weighted by atomic mass is 10.0. The van der Waals surface area contributed by atoms with Crippen molar-refractivity contribution < 1.29 is 13.9 Å². The van der Waals surface area contributed by atoms with Gasteiger partial charge in [0.15, 0.2) is 5.58 Å². The van der Waals surface area contributed by atoms with Crippen molar-refractivity contribution in [1.29, 1.82) is 0 Å². The molecule has 0 aliphatic heterocycles. The molecule has 1 amide bonds. The first-order valence-corrected chi connectivity index (χ1v) is 10.9. The Morgan fingerprint density at radius 2 is 1.56 bits per heavy atom. The standard InChI is InChI=1S/C29H22N2O3/c1-33-25-15-7-20(8-16-25)9-18-28(32)30-24-14-17-27-26(19-24)31-29(34-27)23-12-10-22(11-13-23)21-5-3-2-4-6-21/h2-19H,1H3,(H,30,32)/b18-9+. The van der Waals surface area contributed by atoms with Gasteiger partial charge in [-0.3, -0.25) is 4.79 Å². The minimum Gasteiger partial charge on any atom is -0.497 e. The van der Waals surface area contributed by atoms with Gasteiger partial charge in [0.25, 0.3) is 0 Å². The maximum atomic E-state index is 12.4. The normalized spacial score (nSPS) is 11.1. The van der Waals surface area contributed by atoms with Gasteiger partial charge < -0.3 is 14.5 Å². The van der Waals surface area contributed by atoms with Gasteiger partial charge in [0.2, 0.25) is 11.8 Å². The Balaban J connectivity index is 1.29. The predicted octanol–water partition coefficient (Wildman–Crippen LogP) is 6.82. The van der Waals surface area contributed by atoms with Crippen LogP contribution in [0.5, 0.6) is 5.75 Å². The maximum Gasteiger partial charge on any atom is 0.248 e. The summed E-state index contributed by atoms with van der Waals surface area (Å²) in [5, 5.41) is 2.87. The van der Waals surface area contributed by atoms with Gasteiger partial charge in [-0.25, -0.2) is 4.98 Å². The quantitative estimate of drug-likeness (QED) is 0.291. The van der Waals surface area contributed by atoms with E-state index in [4.69, 9.17) is 9.15 Å². The number of oxazole rings is 1. The first kappa shape index (κ1) is 21.2. The summed E-state index contributed by atoms with van der Waals surface area (Å²) < 4.78 is 11.1. The van der Waals surface area contributed by atoms with Crippen molar-refractivity contribution in [1.82, 2.24) is 4.98 Å². The SMILES string of the molecule is COc1ccc(/C=C/C(=O)Nc2ccc3oc(-c4ccc(-c5ccccc5)cc4)nc3c2)cc1. The zero-order chi connectivity index (χ0) is 23.3. The highest BCUT2D eigenvalue weighted by Crippen LogP contribution is 2.28. The molecule has 0 spiro atoms. The molecule has 0 aliphatic rings. The average Bonchev–Trinajstić information content (AvgIpc) is 3.32. The number of amides is 1. The topological polar surface area (TPSA) is 64.4 Å². The molecule has 34 heavy (non-hydrogen) atoms. The number of nitrogens with zero attached hydrogens (tertiary/aromatic N) is 1. The summed E-state index contributed by atoms with van der Waals surface area (Å²) in [5.74, 6) is 1.09. The molecule has 1 heterocycles. The number of carbonyl (C=O) groups excluding carboxylic acids is 1. The predicted molar refractivity (Wildman–Crippen MR) is 136 cm³/mol. The van der Waals surface area contributed by atoms with Gasteiger partial charge in [0, 0.05) is 17.3 Å². The van der Waals surface area contributed by atoms with E-state index in [-0.39, 0.29) is 5.91 Å². The smallest absolute Gasteiger partial charge is 0.248 e. The van der Waals surface area contributed by atoms with Crippen LogP contribution in [0.25, 0.3) is 39.8 Å². The Morgan fingerprint density at radius 1 is 0.853 bits per heavy atom. The lowest BCUT2D eigenvalue weighted by Gasteiger charge is -2.02. The number of methoxy groups -OCH3 is 1. The molecule has 0 bridgehead atoms. The second-order valence-electron chi connectivity index (χ2n) is 7.74. The summed E-state index contributed by atoms with van der Waals surface area (Å²) in [4.78, 5) is 17.0. The summed E-state index contributed by atoms with van der Waals surface area (Å²) >= 11 is 0. The van der Waals surface area contributed by atoms with Crippen LogP contribution in [-0.2, 0) is 4.79 Å². The Bertz CT molecular complexity index is 1450. The van der Waals surface area contributed by atoms with Gasteiger partial charge >= 0.3 is 0 Å². The van der Waals surface area contributed by atoms with Gasteiger partial charge in [0.05, 0.1) is 7.11 Å². The van der Waals surface area contributed by atoms with E-state index in [1.807, 2.05) is 60.7 Å². The summed E-state index contributed by atoms with van der Waals surface area (Å²) in [5.41, 5.74) is 6.08. The lowest BCUT2D eigenvalue weighted by Crippen LogP contribution is -2.07. The van der Waals surface area contributed by atoms with Crippen LogP contribution in [0.1, 0.15) is 5.56 Å². The van der Waals surface area contributed by atoms with E-state index in [2.05, 4.69) is 34.6 Å². The van der Waals surface area contributed by atoms with Crippen molar-refractivity contribution in [3.63, 3.8) is 0 Å². The number of fused-ring (bicyclic) bond motifs is 1. The highest BCUT2D eigenvalue weighted by molar-refractivity contribution is 6.02. The molecule has 0 unspecified atom stereocenters. The average molecular weight is 447 g/mol. The van der Waals surface area contributed by atoms with Crippen molar-refractivity contribution >= 4 is 28.8 Å². The molecule has 0 aliphatic carbocycles. The van der Waals surface area contributed by atoms with Crippen LogP contribution in [-0.4, -0.2) is 18.0 Å². The van der Waals surface area contributed by atoms with Crippen LogP contribution in [0.2, 0.25) is 0 Å². The minimum absolute atomic E-state index is 0.226. The number of aromatic nitrogens is 1. The lowest BCUT2D eigenvalue weighted by molar-refractivity contribution is -0.111. The molecule has 0 atom stereocenters. The van der Waals surface area contributed by atoms with Gasteiger partial charge in [0.1, 0.15) is 11.3 Å². The fourth-order valence-electron chi connectivity index (χ4n) is 3.64. The summed E-state index contributed by atoms with van der Waals surface area (Å²) in [6, 6.07) is 31.2. The van der Waals surface area contributed by atoms with Crippen LogP contribution >= 0.6 is 0 Å². The minimum atomic E-state index is -0.226. The second kappa shape index (κ2) is 9.46. The molecule has 5 nitrogen and oxygen atoms in total. The molecule has 5 rings (SSSR count). The molecule has 166 valence electrons. The molecular formula is C29H22N2O3. The number of nitrogens with one attached hydrogen (secondary N) is 1. The number of carbonyl (C=O) groups is 1. The Labute approximate surface area is 197 Å². The number of anilines is 1. The van der Waals surface area contributed by atoms with Crippen molar-refractivity contribution in [2.45, 2.75) is 0 Å². The van der Waals surface area contributed by atoms with Crippen LogP contribution in [0, 0.1) is 0 Å². The van der Waals surface area contributed by atoms with Gasteiger partial charge in [-0.05, 0) is 65.2 Å². The third-order valence-electron chi connectivity index (χ3n) is 5.44. The third kappa shape index (κ3) is 4.74. The fourth-order valence-corrected chi connectivity index (χ4v) is 3.64. The molecule has 1 N–H and O–H groups in total. The highest BCUT2D eigenvalue weighted by atomic mass is 16.5. The van der Waals surface area contributed by atoms with Gasteiger partial charge in [-0.1, -0.05) is 54.6 Å². The second-order valence-corrected chi connectivity index (χ2v) is 7.74. The first-order valence-electron chi connectivity index (χ1n) is 10.9. The molecular weight excluding hydrogens is 424 g/mol. The molecule has 0 radical (unpaired) electrons. The molecule has 5 aromatic rings.